The van der Waals surface area contributed by atoms with Gasteiger partial charge in [0.25, 0.3) is 0 Å². The van der Waals surface area contributed by atoms with Crippen molar-refractivity contribution in [2.75, 3.05) is 13.2 Å². The first kappa shape index (κ1) is 14.7. The largest absolute Gasteiger partial charge is 0.491 e. The van der Waals surface area contributed by atoms with Crippen molar-refractivity contribution in [3.05, 3.63) is 23.8 Å². The highest BCUT2D eigenvalue weighted by Crippen LogP contribution is 2.35. The highest BCUT2D eigenvalue weighted by molar-refractivity contribution is 5.72. The molecule has 0 bridgehead atoms. The lowest BCUT2D eigenvalue weighted by molar-refractivity contribution is -0.145. The van der Waals surface area contributed by atoms with Gasteiger partial charge in [-0.2, -0.15) is 0 Å². The van der Waals surface area contributed by atoms with Crippen LogP contribution in [0.4, 0.5) is 0 Å². The summed E-state index contributed by atoms with van der Waals surface area (Å²) >= 11 is 0. The van der Waals surface area contributed by atoms with Gasteiger partial charge < -0.3 is 19.9 Å². The molecule has 2 atom stereocenters. The number of hydrogen-bond donors (Lipinski definition) is 2. The summed E-state index contributed by atoms with van der Waals surface area (Å²) in [6.45, 7) is 5.46. The van der Waals surface area contributed by atoms with Gasteiger partial charge in [0.05, 0.1) is 6.04 Å². The Hall–Kier alpha value is -1.75. The van der Waals surface area contributed by atoms with Gasteiger partial charge in [0.1, 0.15) is 18.1 Å². The number of benzene rings is 1. The van der Waals surface area contributed by atoms with Crippen LogP contribution in [-0.2, 0) is 4.79 Å². The maximum atomic E-state index is 11.0. The fraction of sp³-hybridized carbons (Fsp3) is 0.533. The Balaban J connectivity index is 2.07. The van der Waals surface area contributed by atoms with Crippen molar-refractivity contribution in [2.45, 2.75) is 38.8 Å². The predicted octanol–water partition coefficient (Wildman–Crippen LogP) is 2.36. The van der Waals surface area contributed by atoms with E-state index in [1.807, 2.05) is 6.07 Å². The molecular formula is C15H21NO4. The van der Waals surface area contributed by atoms with Gasteiger partial charge in [0, 0.05) is 11.6 Å². The normalized spacial score (nSPS) is 18.2. The monoisotopic (exact) mass is 279 g/mol. The van der Waals surface area contributed by atoms with E-state index in [0.717, 1.165) is 24.3 Å². The molecule has 0 saturated carbocycles. The van der Waals surface area contributed by atoms with E-state index in [9.17, 15) is 4.79 Å². The lowest BCUT2D eigenvalue weighted by atomic mass is 10.1. The second kappa shape index (κ2) is 6.61. The molecule has 0 aliphatic carbocycles. The van der Waals surface area contributed by atoms with Gasteiger partial charge in [0.2, 0.25) is 0 Å². The molecule has 1 aliphatic rings. The summed E-state index contributed by atoms with van der Waals surface area (Å²) in [4.78, 5) is 11.0. The molecule has 0 radical (unpaired) electrons. The minimum Gasteiger partial charge on any atom is -0.491 e. The molecule has 1 aromatic carbocycles. The number of nitrogens with one attached hydrogen (secondary N) is 1. The van der Waals surface area contributed by atoms with Gasteiger partial charge in [-0.05, 0) is 31.5 Å². The Labute approximate surface area is 118 Å². The molecule has 2 unspecified atom stereocenters. The average molecular weight is 279 g/mol. The first-order valence-electron chi connectivity index (χ1n) is 7.05. The van der Waals surface area contributed by atoms with Gasteiger partial charge in [0.15, 0.2) is 6.10 Å². The lowest BCUT2D eigenvalue weighted by Gasteiger charge is -2.14. The molecule has 5 nitrogen and oxygen atoms in total. The minimum absolute atomic E-state index is 0.209. The summed E-state index contributed by atoms with van der Waals surface area (Å²) in [6.07, 6.45) is 0.682. The summed E-state index contributed by atoms with van der Waals surface area (Å²) in [6, 6.07) is 5.73. The van der Waals surface area contributed by atoms with Crippen molar-refractivity contribution >= 4 is 5.97 Å². The third kappa shape index (κ3) is 3.22. The molecule has 0 amide bonds. The summed E-state index contributed by atoms with van der Waals surface area (Å²) in [5.41, 5.74) is 1.11. The Morgan fingerprint density at radius 2 is 2.35 bits per heavy atom. The third-order valence-corrected chi connectivity index (χ3v) is 3.33. The van der Waals surface area contributed by atoms with Crippen LogP contribution in [0.1, 0.15) is 38.3 Å². The number of carbonyl (C=O) groups is 1. The van der Waals surface area contributed by atoms with E-state index < -0.39 is 12.1 Å². The van der Waals surface area contributed by atoms with E-state index in [1.54, 1.807) is 19.1 Å². The number of hydrogen-bond acceptors (Lipinski definition) is 4. The molecule has 5 heteroatoms. The molecule has 20 heavy (non-hydrogen) atoms. The second-order valence-corrected chi connectivity index (χ2v) is 4.87. The van der Waals surface area contributed by atoms with Crippen LogP contribution in [-0.4, -0.2) is 30.3 Å². The van der Waals surface area contributed by atoms with Crippen LogP contribution in [0, 0.1) is 0 Å². The van der Waals surface area contributed by atoms with Crippen LogP contribution in [0.2, 0.25) is 0 Å². The summed E-state index contributed by atoms with van der Waals surface area (Å²) in [5, 5.41) is 12.4. The lowest BCUT2D eigenvalue weighted by Crippen LogP contribution is -2.25. The topological polar surface area (TPSA) is 67.8 Å². The Morgan fingerprint density at radius 1 is 1.55 bits per heavy atom. The maximum Gasteiger partial charge on any atom is 0.344 e. The van der Waals surface area contributed by atoms with Crippen LogP contribution in [0.15, 0.2) is 18.2 Å². The van der Waals surface area contributed by atoms with E-state index in [4.69, 9.17) is 14.6 Å². The number of aliphatic carboxylic acids is 1. The van der Waals surface area contributed by atoms with Crippen molar-refractivity contribution < 1.29 is 19.4 Å². The number of ether oxygens (including phenoxy) is 2. The maximum absolute atomic E-state index is 11.0. The van der Waals surface area contributed by atoms with E-state index in [-0.39, 0.29) is 6.04 Å². The third-order valence-electron chi connectivity index (χ3n) is 3.33. The first-order valence-corrected chi connectivity index (χ1v) is 7.05. The molecule has 2 rings (SSSR count). The second-order valence-electron chi connectivity index (χ2n) is 4.87. The van der Waals surface area contributed by atoms with E-state index in [0.29, 0.717) is 18.8 Å². The van der Waals surface area contributed by atoms with E-state index in [2.05, 4.69) is 12.2 Å². The number of rotatable bonds is 7. The van der Waals surface area contributed by atoms with Gasteiger partial charge >= 0.3 is 5.97 Å². The highest BCUT2D eigenvalue weighted by Gasteiger charge is 2.25. The summed E-state index contributed by atoms with van der Waals surface area (Å²) < 4.78 is 11.1. The van der Waals surface area contributed by atoms with Gasteiger partial charge in [-0.3, -0.25) is 0 Å². The Bertz CT molecular complexity index is 475. The zero-order valence-corrected chi connectivity index (χ0v) is 11.9. The van der Waals surface area contributed by atoms with Crippen molar-refractivity contribution in [3.63, 3.8) is 0 Å². The zero-order valence-electron chi connectivity index (χ0n) is 11.9. The molecule has 0 fully saturated rings. The molecular weight excluding hydrogens is 258 g/mol. The highest BCUT2D eigenvalue weighted by atomic mass is 16.5. The van der Waals surface area contributed by atoms with Gasteiger partial charge in [-0.15, -0.1) is 0 Å². The van der Waals surface area contributed by atoms with E-state index in [1.165, 1.54) is 0 Å². The van der Waals surface area contributed by atoms with Crippen molar-refractivity contribution in [3.8, 4) is 11.5 Å². The minimum atomic E-state index is -0.948. The van der Waals surface area contributed by atoms with Gasteiger partial charge in [-0.25, -0.2) is 4.79 Å². The molecule has 110 valence electrons. The van der Waals surface area contributed by atoms with Crippen LogP contribution in [0.25, 0.3) is 0 Å². The van der Waals surface area contributed by atoms with Crippen molar-refractivity contribution in [1.82, 2.24) is 5.32 Å². The van der Waals surface area contributed by atoms with Crippen LogP contribution in [0.3, 0.4) is 0 Å². The first-order chi connectivity index (χ1) is 9.65. The summed E-state index contributed by atoms with van der Waals surface area (Å²) in [5.74, 6) is 0.363. The molecule has 0 spiro atoms. The Kier molecular flexibility index (Phi) is 4.84. The van der Waals surface area contributed by atoms with Crippen molar-refractivity contribution in [2.24, 2.45) is 0 Å². The number of fused-ring (bicyclic) bond motifs is 1. The van der Waals surface area contributed by atoms with Crippen LogP contribution >= 0.6 is 0 Å². The fourth-order valence-electron chi connectivity index (χ4n) is 2.22. The number of carboxylic acids is 1. The van der Waals surface area contributed by atoms with E-state index >= 15 is 0 Å². The van der Waals surface area contributed by atoms with Gasteiger partial charge in [-0.1, -0.05) is 13.8 Å². The molecule has 1 aliphatic heterocycles. The average Bonchev–Trinajstić information content (AvgIpc) is 2.84. The smallest absolute Gasteiger partial charge is 0.344 e. The standard InChI is InChI=1S/C15H21NO4/c1-3-7-16-12-9-19-14-8-10(5-6-11(12)14)20-13(4-2)15(17)18/h5-6,8,12-13,16H,3-4,7,9H2,1-2H3,(H,17,18). The molecule has 2 N–H and O–H groups in total. The zero-order chi connectivity index (χ0) is 14.5. The molecule has 0 saturated heterocycles. The van der Waals surface area contributed by atoms with Crippen molar-refractivity contribution in [1.29, 1.82) is 0 Å². The SMILES string of the molecule is CCCNC1COc2cc(OC(CC)C(=O)O)ccc21. The molecule has 1 heterocycles. The number of carboxylic acid groups (broad SMARTS) is 1. The summed E-state index contributed by atoms with van der Waals surface area (Å²) in [7, 11) is 0. The Morgan fingerprint density at radius 3 is 3.00 bits per heavy atom. The molecule has 0 aromatic heterocycles. The van der Waals surface area contributed by atoms with Crippen LogP contribution < -0.4 is 14.8 Å². The van der Waals surface area contributed by atoms with Crippen LogP contribution in [0.5, 0.6) is 11.5 Å². The quantitative estimate of drug-likeness (QED) is 0.802. The fourth-order valence-corrected chi connectivity index (χ4v) is 2.22. The predicted molar refractivity (Wildman–Crippen MR) is 75.3 cm³/mol. The molecule has 1 aromatic rings.